The minimum Gasteiger partial charge on any atom is -0.480 e. The van der Waals surface area contributed by atoms with Crippen LogP contribution in [0.3, 0.4) is 0 Å². The van der Waals surface area contributed by atoms with Crippen molar-refractivity contribution in [3.05, 3.63) is 0 Å². The summed E-state index contributed by atoms with van der Waals surface area (Å²) in [6.07, 6.45) is 4.06. The largest absolute Gasteiger partial charge is 0.480 e. The summed E-state index contributed by atoms with van der Waals surface area (Å²) in [4.78, 5) is 13.6. The average molecular weight is 256 g/mol. The molecule has 0 spiro atoms. The van der Waals surface area contributed by atoms with Crippen molar-refractivity contribution in [3.63, 3.8) is 0 Å². The van der Waals surface area contributed by atoms with E-state index in [1.165, 1.54) is 0 Å². The summed E-state index contributed by atoms with van der Waals surface area (Å²) in [5.41, 5.74) is -0.771. The molecular weight excluding hydrogens is 228 g/mol. The van der Waals surface area contributed by atoms with Gasteiger partial charge >= 0.3 is 5.97 Å². The fraction of sp³-hybridized carbons (Fsp3) is 0.929. The highest BCUT2D eigenvalue weighted by molar-refractivity contribution is 5.78. The minimum absolute atomic E-state index is 0.423. The Hall–Kier alpha value is -0.610. The summed E-state index contributed by atoms with van der Waals surface area (Å²) in [7, 11) is 2.07. The second-order valence-corrected chi connectivity index (χ2v) is 6.29. The van der Waals surface area contributed by atoms with E-state index in [-0.39, 0.29) is 0 Å². The molecule has 0 bridgehead atoms. The molecule has 1 rings (SSSR count). The number of aliphatic carboxylic acids is 1. The van der Waals surface area contributed by atoms with Crippen molar-refractivity contribution in [1.82, 2.24) is 10.2 Å². The quantitative estimate of drug-likeness (QED) is 0.662. The first-order valence-corrected chi connectivity index (χ1v) is 7.03. The van der Waals surface area contributed by atoms with Crippen LogP contribution in [0, 0.1) is 5.92 Å². The number of hydrogen-bond acceptors (Lipinski definition) is 3. The monoisotopic (exact) mass is 256 g/mol. The van der Waals surface area contributed by atoms with Crippen LogP contribution in [0.2, 0.25) is 0 Å². The summed E-state index contributed by atoms with van der Waals surface area (Å²) in [6, 6.07) is 0.423. The Balaban J connectivity index is 2.34. The third-order valence-corrected chi connectivity index (χ3v) is 3.65. The fourth-order valence-electron chi connectivity index (χ4n) is 1.92. The summed E-state index contributed by atoms with van der Waals surface area (Å²) in [5, 5.41) is 12.6. The van der Waals surface area contributed by atoms with Crippen LogP contribution >= 0.6 is 0 Å². The van der Waals surface area contributed by atoms with E-state index in [0.717, 1.165) is 32.4 Å². The van der Waals surface area contributed by atoms with Crippen molar-refractivity contribution >= 4 is 5.97 Å². The van der Waals surface area contributed by atoms with E-state index in [1.807, 2.05) is 6.92 Å². The van der Waals surface area contributed by atoms with E-state index in [4.69, 9.17) is 0 Å². The molecule has 0 aromatic heterocycles. The number of carboxylic acid groups (broad SMARTS) is 1. The van der Waals surface area contributed by atoms with Gasteiger partial charge in [0, 0.05) is 12.6 Å². The van der Waals surface area contributed by atoms with Crippen LogP contribution in [-0.4, -0.2) is 47.7 Å². The molecule has 106 valence electrons. The van der Waals surface area contributed by atoms with E-state index in [9.17, 15) is 9.90 Å². The van der Waals surface area contributed by atoms with Crippen LogP contribution in [0.5, 0.6) is 0 Å². The number of rotatable bonds is 9. The molecule has 2 N–H and O–H groups in total. The first-order valence-electron chi connectivity index (χ1n) is 7.03. The molecule has 18 heavy (non-hydrogen) atoms. The summed E-state index contributed by atoms with van der Waals surface area (Å²) < 4.78 is 0. The molecule has 1 saturated carbocycles. The van der Waals surface area contributed by atoms with Gasteiger partial charge in [0.25, 0.3) is 0 Å². The topological polar surface area (TPSA) is 52.6 Å². The number of carbonyl (C=O) groups is 1. The molecule has 1 fully saturated rings. The fourth-order valence-corrected chi connectivity index (χ4v) is 1.92. The molecular formula is C14H28N2O2. The Morgan fingerprint density at radius 1 is 1.44 bits per heavy atom. The number of hydrogen-bond donors (Lipinski definition) is 2. The molecule has 0 aromatic carbocycles. The Morgan fingerprint density at radius 3 is 2.50 bits per heavy atom. The molecule has 0 saturated heterocycles. The van der Waals surface area contributed by atoms with Gasteiger partial charge < -0.3 is 10.0 Å². The molecule has 1 atom stereocenters. The van der Waals surface area contributed by atoms with Gasteiger partial charge in [0.1, 0.15) is 5.54 Å². The normalized spacial score (nSPS) is 19.2. The maximum Gasteiger partial charge on any atom is 0.323 e. The van der Waals surface area contributed by atoms with Crippen molar-refractivity contribution < 1.29 is 9.90 Å². The molecule has 0 heterocycles. The zero-order valence-corrected chi connectivity index (χ0v) is 12.2. The van der Waals surface area contributed by atoms with E-state index in [2.05, 4.69) is 31.1 Å². The first-order chi connectivity index (χ1) is 8.33. The van der Waals surface area contributed by atoms with E-state index < -0.39 is 11.5 Å². The Labute approximate surface area is 111 Å². The summed E-state index contributed by atoms with van der Waals surface area (Å²) >= 11 is 0. The molecule has 4 nitrogen and oxygen atoms in total. The van der Waals surface area contributed by atoms with Crippen molar-refractivity contribution in [2.24, 2.45) is 5.92 Å². The maximum absolute atomic E-state index is 11.4. The van der Waals surface area contributed by atoms with Gasteiger partial charge in [0.2, 0.25) is 0 Å². The van der Waals surface area contributed by atoms with Gasteiger partial charge in [-0.05, 0) is 52.1 Å². The smallest absolute Gasteiger partial charge is 0.323 e. The number of nitrogens with zero attached hydrogens (tertiary/aromatic N) is 1. The zero-order chi connectivity index (χ0) is 13.8. The van der Waals surface area contributed by atoms with Crippen LogP contribution in [0.4, 0.5) is 0 Å². The lowest BCUT2D eigenvalue weighted by Crippen LogP contribution is -2.52. The lowest BCUT2D eigenvalue weighted by molar-refractivity contribution is -0.144. The predicted octanol–water partition coefficient (Wildman–Crippen LogP) is 1.95. The third kappa shape index (κ3) is 5.36. The zero-order valence-electron chi connectivity index (χ0n) is 12.2. The second kappa shape index (κ2) is 6.53. The Morgan fingerprint density at radius 2 is 2.06 bits per heavy atom. The lowest BCUT2D eigenvalue weighted by Gasteiger charge is -2.29. The molecule has 1 aliphatic carbocycles. The van der Waals surface area contributed by atoms with Crippen molar-refractivity contribution in [2.75, 3.05) is 20.1 Å². The highest BCUT2D eigenvalue weighted by atomic mass is 16.4. The van der Waals surface area contributed by atoms with Gasteiger partial charge in [-0.25, -0.2) is 0 Å². The maximum atomic E-state index is 11.4. The molecule has 0 amide bonds. The van der Waals surface area contributed by atoms with Gasteiger partial charge in [-0.15, -0.1) is 0 Å². The van der Waals surface area contributed by atoms with Crippen LogP contribution in [-0.2, 0) is 4.79 Å². The molecule has 1 aliphatic rings. The van der Waals surface area contributed by atoms with Crippen LogP contribution in [0.15, 0.2) is 0 Å². The number of nitrogens with one attached hydrogen (secondary N) is 1. The molecule has 4 heteroatoms. The van der Waals surface area contributed by atoms with E-state index >= 15 is 0 Å². The highest BCUT2D eigenvalue weighted by Gasteiger charge is 2.38. The standard InChI is InChI=1S/C14H28N2O2/c1-11(2)7-9-16(4)10-8-14(3,13(17)18)15-12-5-6-12/h11-12,15H,5-10H2,1-4H3,(H,17,18). The van der Waals surface area contributed by atoms with E-state index in [0.29, 0.717) is 18.4 Å². The SMILES string of the molecule is CC(C)CCN(C)CCC(C)(NC1CC1)C(=O)O. The lowest BCUT2D eigenvalue weighted by atomic mass is 9.97. The first kappa shape index (κ1) is 15.4. The molecule has 0 aromatic rings. The van der Waals surface area contributed by atoms with Gasteiger partial charge in [-0.2, -0.15) is 0 Å². The average Bonchev–Trinajstić information content (AvgIpc) is 3.07. The minimum atomic E-state index is -0.771. The molecule has 0 radical (unpaired) electrons. The van der Waals surface area contributed by atoms with Crippen molar-refractivity contribution in [3.8, 4) is 0 Å². The van der Waals surface area contributed by atoms with Gasteiger partial charge in [0.15, 0.2) is 0 Å². The summed E-state index contributed by atoms with van der Waals surface area (Å²) in [6.45, 7) is 8.10. The van der Waals surface area contributed by atoms with Crippen molar-refractivity contribution in [1.29, 1.82) is 0 Å². The predicted molar refractivity (Wildman–Crippen MR) is 73.8 cm³/mol. The van der Waals surface area contributed by atoms with Crippen LogP contribution in [0.1, 0.15) is 46.5 Å². The van der Waals surface area contributed by atoms with Gasteiger partial charge in [-0.3, -0.25) is 10.1 Å². The van der Waals surface area contributed by atoms with E-state index in [1.54, 1.807) is 0 Å². The molecule has 0 aliphatic heterocycles. The Bertz CT molecular complexity index is 277. The van der Waals surface area contributed by atoms with Gasteiger partial charge in [0.05, 0.1) is 0 Å². The Kier molecular flexibility index (Phi) is 5.60. The van der Waals surface area contributed by atoms with Crippen molar-refractivity contribution in [2.45, 2.75) is 58.0 Å². The molecule has 1 unspecified atom stereocenters. The third-order valence-electron chi connectivity index (χ3n) is 3.65. The van der Waals surface area contributed by atoms with Crippen LogP contribution in [0.25, 0.3) is 0 Å². The number of carboxylic acids is 1. The summed E-state index contributed by atoms with van der Waals surface area (Å²) in [5.74, 6) is -0.0328. The highest BCUT2D eigenvalue weighted by Crippen LogP contribution is 2.24. The van der Waals surface area contributed by atoms with Crippen LogP contribution < -0.4 is 5.32 Å². The van der Waals surface area contributed by atoms with Gasteiger partial charge in [-0.1, -0.05) is 13.8 Å². The second-order valence-electron chi connectivity index (χ2n) is 6.29.